The molecule has 0 saturated heterocycles. The van der Waals surface area contributed by atoms with E-state index in [1.165, 1.54) is 7.11 Å². The maximum atomic E-state index is 13.3. The molecule has 0 saturated carbocycles. The Labute approximate surface area is 259 Å². The second-order valence-corrected chi connectivity index (χ2v) is 10.0. The molecule has 0 radical (unpaired) electrons. The second-order valence-electron chi connectivity index (χ2n) is 9.60. The molecular formula is C34H30ClN3O6. The molecule has 5 rings (SSSR count). The second kappa shape index (κ2) is 14.3. The molecule has 0 fully saturated rings. The van der Waals surface area contributed by atoms with Gasteiger partial charge in [0.05, 0.1) is 17.7 Å². The van der Waals surface area contributed by atoms with Gasteiger partial charge in [-0.3, -0.25) is 9.59 Å². The van der Waals surface area contributed by atoms with Crippen molar-refractivity contribution in [3.63, 3.8) is 0 Å². The van der Waals surface area contributed by atoms with Crippen molar-refractivity contribution in [3.8, 4) is 28.6 Å². The van der Waals surface area contributed by atoms with Crippen LogP contribution in [0.2, 0.25) is 5.02 Å². The van der Waals surface area contributed by atoms with Crippen molar-refractivity contribution in [3.05, 3.63) is 124 Å². The number of hydrogen-bond donors (Lipinski definition) is 2. The van der Waals surface area contributed by atoms with Crippen molar-refractivity contribution in [2.75, 3.05) is 19.0 Å². The zero-order valence-electron chi connectivity index (χ0n) is 24.1. The summed E-state index contributed by atoms with van der Waals surface area (Å²) in [6.07, 6.45) is 0. The molecule has 0 spiro atoms. The maximum absolute atomic E-state index is 13.3. The normalized spacial score (nSPS) is 10.6. The summed E-state index contributed by atoms with van der Waals surface area (Å²) >= 11 is 6.72. The third-order valence-electron chi connectivity index (χ3n) is 6.59. The van der Waals surface area contributed by atoms with Gasteiger partial charge in [0.1, 0.15) is 36.1 Å². The van der Waals surface area contributed by atoms with E-state index in [4.69, 9.17) is 30.3 Å². The fourth-order valence-corrected chi connectivity index (χ4v) is 4.55. The lowest BCUT2D eigenvalue weighted by Crippen LogP contribution is -2.25. The van der Waals surface area contributed by atoms with E-state index in [9.17, 15) is 9.59 Å². The van der Waals surface area contributed by atoms with Crippen LogP contribution in [0.3, 0.4) is 0 Å². The van der Waals surface area contributed by atoms with Crippen LogP contribution in [0, 0.1) is 0 Å². The highest BCUT2D eigenvalue weighted by Crippen LogP contribution is 2.43. The molecule has 0 aliphatic carbocycles. The lowest BCUT2D eigenvalue weighted by Gasteiger charge is -2.16. The first-order valence-electron chi connectivity index (χ1n) is 13.9. The van der Waals surface area contributed by atoms with Crippen molar-refractivity contribution < 1.29 is 28.3 Å². The molecule has 9 nitrogen and oxygen atoms in total. The monoisotopic (exact) mass is 611 g/mol. The van der Waals surface area contributed by atoms with E-state index >= 15 is 0 Å². The van der Waals surface area contributed by atoms with Crippen LogP contribution in [-0.4, -0.2) is 30.6 Å². The standard InChI is InChI=1S/C34H30ClN3O6/c1-3-36-34(40)31-30(37-33(39)24-14-16-25(41-2)17-15-24)32(44-38-31)26-18-27(35)29(43-21-23-12-8-5-9-13-23)19-28(26)42-20-22-10-6-4-7-11-22/h4-19H,3,20-21H2,1-2H3,(H,36,40)(H,37,39). The number of carbonyl (C=O) groups is 2. The molecule has 5 aromatic rings. The van der Waals surface area contributed by atoms with Gasteiger partial charge in [-0.15, -0.1) is 0 Å². The van der Waals surface area contributed by atoms with Gasteiger partial charge in [-0.25, -0.2) is 0 Å². The highest BCUT2D eigenvalue weighted by Gasteiger charge is 2.28. The number of nitrogens with zero attached hydrogens (tertiary/aromatic N) is 1. The number of carbonyl (C=O) groups excluding carboxylic acids is 2. The number of anilines is 1. The van der Waals surface area contributed by atoms with Crippen molar-refractivity contribution in [1.29, 1.82) is 0 Å². The van der Waals surface area contributed by atoms with Crippen molar-refractivity contribution in [1.82, 2.24) is 10.5 Å². The molecule has 224 valence electrons. The number of halogens is 1. The Morgan fingerprint density at radius 1 is 0.818 bits per heavy atom. The van der Waals surface area contributed by atoms with Gasteiger partial charge >= 0.3 is 0 Å². The Morgan fingerprint density at radius 2 is 1.43 bits per heavy atom. The van der Waals surface area contributed by atoms with Gasteiger partial charge in [0.25, 0.3) is 11.8 Å². The molecule has 10 heteroatoms. The van der Waals surface area contributed by atoms with Crippen LogP contribution in [0.25, 0.3) is 11.3 Å². The summed E-state index contributed by atoms with van der Waals surface area (Å²) in [6, 6.07) is 29.1. The van der Waals surface area contributed by atoms with Crippen LogP contribution in [0.1, 0.15) is 38.9 Å². The minimum absolute atomic E-state index is 0.0651. The molecular weight excluding hydrogens is 582 g/mol. The lowest BCUT2D eigenvalue weighted by molar-refractivity contribution is 0.0947. The molecule has 44 heavy (non-hydrogen) atoms. The number of amides is 2. The number of methoxy groups -OCH3 is 1. The molecule has 4 aromatic carbocycles. The highest BCUT2D eigenvalue weighted by molar-refractivity contribution is 6.32. The fraction of sp³-hybridized carbons (Fsp3) is 0.147. The third kappa shape index (κ3) is 7.19. The molecule has 0 unspecified atom stereocenters. The topological polar surface area (TPSA) is 112 Å². The number of aromatic nitrogens is 1. The van der Waals surface area contributed by atoms with E-state index in [1.807, 2.05) is 60.7 Å². The molecule has 1 aromatic heterocycles. The number of nitrogens with one attached hydrogen (secondary N) is 2. The Morgan fingerprint density at radius 3 is 2.02 bits per heavy atom. The Hall–Kier alpha value is -5.28. The predicted octanol–water partition coefficient (Wildman–Crippen LogP) is 7.16. The number of benzene rings is 4. The summed E-state index contributed by atoms with van der Waals surface area (Å²) in [5, 5.41) is 9.80. The van der Waals surface area contributed by atoms with Crippen molar-refractivity contribution in [2.24, 2.45) is 0 Å². The maximum Gasteiger partial charge on any atom is 0.275 e. The van der Waals surface area contributed by atoms with Gasteiger partial charge in [-0.2, -0.15) is 0 Å². The average molecular weight is 612 g/mol. The number of rotatable bonds is 12. The average Bonchev–Trinajstić information content (AvgIpc) is 3.47. The van der Waals surface area contributed by atoms with E-state index in [2.05, 4.69) is 15.8 Å². The molecule has 0 bridgehead atoms. The number of ether oxygens (including phenoxy) is 3. The van der Waals surface area contributed by atoms with Gasteiger partial charge in [0, 0.05) is 18.2 Å². The smallest absolute Gasteiger partial charge is 0.275 e. The first kappa shape index (κ1) is 30.2. The first-order chi connectivity index (χ1) is 21.5. The summed E-state index contributed by atoms with van der Waals surface area (Å²) in [6.45, 7) is 2.62. The summed E-state index contributed by atoms with van der Waals surface area (Å²) < 4.78 is 23.2. The summed E-state index contributed by atoms with van der Waals surface area (Å²) in [7, 11) is 1.54. The van der Waals surface area contributed by atoms with Crippen molar-refractivity contribution in [2.45, 2.75) is 20.1 Å². The van der Waals surface area contributed by atoms with E-state index in [0.717, 1.165) is 11.1 Å². The van der Waals surface area contributed by atoms with Crippen LogP contribution in [0.5, 0.6) is 17.2 Å². The SMILES string of the molecule is CCNC(=O)c1noc(-c2cc(Cl)c(OCc3ccccc3)cc2OCc2ccccc2)c1NC(=O)c1ccc(OC)cc1. The number of hydrogen-bond acceptors (Lipinski definition) is 7. The van der Waals surface area contributed by atoms with E-state index in [1.54, 1.807) is 43.3 Å². The molecule has 0 aliphatic rings. The van der Waals surface area contributed by atoms with Crippen LogP contribution >= 0.6 is 11.6 Å². The highest BCUT2D eigenvalue weighted by atomic mass is 35.5. The predicted molar refractivity (Wildman–Crippen MR) is 167 cm³/mol. The molecule has 2 amide bonds. The Bertz CT molecular complexity index is 1720. The van der Waals surface area contributed by atoms with E-state index in [0.29, 0.717) is 34.9 Å². The zero-order chi connectivity index (χ0) is 30.9. The third-order valence-corrected chi connectivity index (χ3v) is 6.88. The van der Waals surface area contributed by atoms with Crippen molar-refractivity contribution >= 4 is 29.1 Å². The summed E-state index contributed by atoms with van der Waals surface area (Å²) in [5.74, 6) is 0.415. The van der Waals surface area contributed by atoms with Gasteiger partial charge in [0.15, 0.2) is 11.5 Å². The minimum Gasteiger partial charge on any atom is -0.497 e. The van der Waals surface area contributed by atoms with Gasteiger partial charge in [-0.1, -0.05) is 77.4 Å². The molecule has 0 aliphatic heterocycles. The van der Waals surface area contributed by atoms with Gasteiger partial charge < -0.3 is 29.4 Å². The first-order valence-corrected chi connectivity index (χ1v) is 14.2. The van der Waals surface area contributed by atoms with Crippen LogP contribution in [0.4, 0.5) is 5.69 Å². The quantitative estimate of drug-likeness (QED) is 0.154. The van der Waals surface area contributed by atoms with Crippen LogP contribution in [0.15, 0.2) is 102 Å². The minimum atomic E-state index is -0.520. The lowest BCUT2D eigenvalue weighted by atomic mass is 10.1. The molecule has 0 atom stereocenters. The van der Waals surface area contributed by atoms with Crippen LogP contribution < -0.4 is 24.8 Å². The van der Waals surface area contributed by atoms with Gasteiger partial charge in [-0.05, 0) is 48.4 Å². The van der Waals surface area contributed by atoms with E-state index in [-0.39, 0.29) is 35.4 Å². The zero-order valence-corrected chi connectivity index (χ0v) is 24.9. The summed E-state index contributed by atoms with van der Waals surface area (Å²) in [4.78, 5) is 26.3. The Kier molecular flexibility index (Phi) is 9.78. The Balaban J connectivity index is 1.55. The molecule has 2 N–H and O–H groups in total. The summed E-state index contributed by atoms with van der Waals surface area (Å²) in [5.41, 5.74) is 2.56. The van der Waals surface area contributed by atoms with Gasteiger partial charge in [0.2, 0.25) is 0 Å². The van der Waals surface area contributed by atoms with Crippen LogP contribution in [-0.2, 0) is 13.2 Å². The van der Waals surface area contributed by atoms with E-state index < -0.39 is 11.8 Å². The largest absolute Gasteiger partial charge is 0.497 e. The molecule has 1 heterocycles. The fourth-order valence-electron chi connectivity index (χ4n) is 4.33.